The molecule has 0 spiro atoms. The first-order valence-electron chi connectivity index (χ1n) is 8.58. The minimum absolute atomic E-state index is 0.164. The number of rotatable bonds is 3. The van der Waals surface area contributed by atoms with Crippen LogP contribution in [0.3, 0.4) is 0 Å². The van der Waals surface area contributed by atoms with Crippen LogP contribution in [0.4, 0.5) is 4.39 Å². The van der Waals surface area contributed by atoms with Gasteiger partial charge < -0.3 is 0 Å². The van der Waals surface area contributed by atoms with Gasteiger partial charge in [0.2, 0.25) is 0 Å². The zero-order valence-corrected chi connectivity index (χ0v) is 13.7. The average Bonchev–Trinajstić information content (AvgIpc) is 2.86. The standard InChI is InChI=1S/C20H19FN2O2/c21-15-6-7-16-17(12-15)20(25)23(19(16)24)18-11-14(8-9-22-18)10-13-4-2-1-3-5-13/h1-7,12,14,18,22H,8-11H2. The van der Waals surface area contributed by atoms with E-state index in [2.05, 4.69) is 17.4 Å². The molecule has 2 aliphatic heterocycles. The molecule has 0 aromatic heterocycles. The maximum Gasteiger partial charge on any atom is 0.262 e. The van der Waals surface area contributed by atoms with Crippen molar-refractivity contribution in [3.8, 4) is 0 Å². The number of nitrogens with one attached hydrogen (secondary N) is 1. The van der Waals surface area contributed by atoms with Crippen LogP contribution in [-0.2, 0) is 6.42 Å². The van der Waals surface area contributed by atoms with Gasteiger partial charge in [-0.3, -0.25) is 19.8 Å². The highest BCUT2D eigenvalue weighted by molar-refractivity contribution is 6.21. The van der Waals surface area contributed by atoms with Crippen LogP contribution in [0.2, 0.25) is 0 Å². The van der Waals surface area contributed by atoms with E-state index in [1.807, 2.05) is 18.2 Å². The molecule has 25 heavy (non-hydrogen) atoms. The molecule has 0 saturated carbocycles. The Hall–Kier alpha value is -2.53. The van der Waals surface area contributed by atoms with E-state index >= 15 is 0 Å². The third-order valence-electron chi connectivity index (χ3n) is 5.05. The van der Waals surface area contributed by atoms with Crippen LogP contribution in [0.5, 0.6) is 0 Å². The minimum atomic E-state index is -0.500. The third kappa shape index (κ3) is 2.96. The molecule has 2 heterocycles. The lowest BCUT2D eigenvalue weighted by Crippen LogP contribution is -2.52. The molecule has 5 heteroatoms. The first-order chi connectivity index (χ1) is 12.1. The van der Waals surface area contributed by atoms with E-state index in [1.54, 1.807) is 0 Å². The van der Waals surface area contributed by atoms with Gasteiger partial charge in [0, 0.05) is 0 Å². The van der Waals surface area contributed by atoms with Gasteiger partial charge in [-0.05, 0) is 55.5 Å². The molecule has 2 atom stereocenters. The maximum atomic E-state index is 13.4. The first kappa shape index (κ1) is 16.0. The summed E-state index contributed by atoms with van der Waals surface area (Å²) in [5, 5.41) is 3.28. The number of piperidine rings is 1. The molecule has 2 aromatic rings. The first-order valence-corrected chi connectivity index (χ1v) is 8.58. The Labute approximate surface area is 145 Å². The Kier molecular flexibility index (Phi) is 4.09. The average molecular weight is 338 g/mol. The highest BCUT2D eigenvalue weighted by Crippen LogP contribution is 2.30. The normalized spacial score (nSPS) is 23.0. The van der Waals surface area contributed by atoms with Crippen molar-refractivity contribution in [1.82, 2.24) is 10.2 Å². The van der Waals surface area contributed by atoms with Gasteiger partial charge in [0.15, 0.2) is 0 Å². The van der Waals surface area contributed by atoms with Gasteiger partial charge in [-0.2, -0.15) is 0 Å². The molecule has 2 amide bonds. The molecule has 2 aliphatic rings. The van der Waals surface area contributed by atoms with E-state index < -0.39 is 11.7 Å². The Bertz CT molecular complexity index is 822. The number of hydrogen-bond acceptors (Lipinski definition) is 3. The molecule has 1 saturated heterocycles. The lowest BCUT2D eigenvalue weighted by Gasteiger charge is -2.35. The van der Waals surface area contributed by atoms with Crippen LogP contribution in [0.25, 0.3) is 0 Å². The predicted octanol–water partition coefficient (Wildman–Crippen LogP) is 2.99. The summed E-state index contributed by atoms with van der Waals surface area (Å²) in [7, 11) is 0. The fraction of sp³-hybridized carbons (Fsp3) is 0.300. The van der Waals surface area contributed by atoms with E-state index in [0.717, 1.165) is 25.5 Å². The molecule has 0 aliphatic carbocycles. The van der Waals surface area contributed by atoms with E-state index in [9.17, 15) is 14.0 Å². The van der Waals surface area contributed by atoms with Crippen molar-refractivity contribution in [1.29, 1.82) is 0 Å². The lowest BCUT2D eigenvalue weighted by atomic mass is 9.89. The number of benzene rings is 2. The zero-order chi connectivity index (χ0) is 17.4. The summed E-state index contributed by atoms with van der Waals surface area (Å²) < 4.78 is 13.4. The molecule has 1 fully saturated rings. The molecule has 4 rings (SSSR count). The van der Waals surface area contributed by atoms with Crippen molar-refractivity contribution in [2.24, 2.45) is 5.92 Å². The Morgan fingerprint density at radius 2 is 1.80 bits per heavy atom. The van der Waals surface area contributed by atoms with Gasteiger partial charge in [-0.1, -0.05) is 30.3 Å². The second-order valence-corrected chi connectivity index (χ2v) is 6.72. The van der Waals surface area contributed by atoms with Crippen LogP contribution >= 0.6 is 0 Å². The number of imide groups is 1. The van der Waals surface area contributed by atoms with Crippen LogP contribution in [0.15, 0.2) is 48.5 Å². The van der Waals surface area contributed by atoms with Gasteiger partial charge in [0.1, 0.15) is 5.82 Å². The number of carbonyl (C=O) groups is 2. The number of nitrogens with zero attached hydrogens (tertiary/aromatic N) is 1. The highest BCUT2D eigenvalue weighted by Gasteiger charge is 2.41. The SMILES string of the molecule is O=C1c2ccc(F)cc2C(=O)N1C1CC(Cc2ccccc2)CCN1. The quantitative estimate of drug-likeness (QED) is 0.876. The Morgan fingerprint density at radius 3 is 2.60 bits per heavy atom. The second-order valence-electron chi connectivity index (χ2n) is 6.72. The van der Waals surface area contributed by atoms with E-state index in [4.69, 9.17) is 0 Å². The number of amides is 2. The van der Waals surface area contributed by atoms with Crippen molar-refractivity contribution < 1.29 is 14.0 Å². The molecule has 0 bridgehead atoms. The van der Waals surface area contributed by atoms with Crippen molar-refractivity contribution in [3.05, 3.63) is 71.0 Å². The van der Waals surface area contributed by atoms with Crippen molar-refractivity contribution in [2.75, 3.05) is 6.54 Å². The summed E-state index contributed by atoms with van der Waals surface area (Å²) >= 11 is 0. The summed E-state index contributed by atoms with van der Waals surface area (Å²) in [5.74, 6) is -0.842. The summed E-state index contributed by atoms with van der Waals surface area (Å²) in [6.45, 7) is 0.754. The van der Waals surface area contributed by atoms with Crippen LogP contribution in [0.1, 0.15) is 39.1 Å². The second kappa shape index (κ2) is 6.41. The number of hydrogen-bond donors (Lipinski definition) is 1. The molecular formula is C20H19FN2O2. The highest BCUT2D eigenvalue weighted by atomic mass is 19.1. The smallest absolute Gasteiger partial charge is 0.262 e. The van der Waals surface area contributed by atoms with Crippen LogP contribution in [0, 0.1) is 11.7 Å². The van der Waals surface area contributed by atoms with Gasteiger partial charge in [0.25, 0.3) is 11.8 Å². The Balaban J connectivity index is 1.52. The number of fused-ring (bicyclic) bond motifs is 1. The summed E-state index contributed by atoms with van der Waals surface area (Å²) in [6, 6.07) is 14.0. The fourth-order valence-electron chi connectivity index (χ4n) is 3.82. The largest absolute Gasteiger partial charge is 0.297 e. The fourth-order valence-corrected chi connectivity index (χ4v) is 3.82. The molecule has 2 unspecified atom stereocenters. The van der Waals surface area contributed by atoms with Crippen molar-refractivity contribution >= 4 is 11.8 Å². The van der Waals surface area contributed by atoms with Gasteiger partial charge in [-0.15, -0.1) is 0 Å². The molecule has 1 N–H and O–H groups in total. The zero-order valence-electron chi connectivity index (χ0n) is 13.7. The van der Waals surface area contributed by atoms with Crippen LogP contribution < -0.4 is 5.32 Å². The molecule has 128 valence electrons. The molecule has 2 aromatic carbocycles. The summed E-state index contributed by atoms with van der Waals surface area (Å²) in [5.41, 5.74) is 1.72. The monoisotopic (exact) mass is 338 g/mol. The maximum absolute atomic E-state index is 13.4. The van der Waals surface area contributed by atoms with Crippen molar-refractivity contribution in [3.63, 3.8) is 0 Å². The van der Waals surface area contributed by atoms with Gasteiger partial charge in [-0.25, -0.2) is 4.39 Å². The van der Waals surface area contributed by atoms with Crippen molar-refractivity contribution in [2.45, 2.75) is 25.4 Å². The molecule has 0 radical (unpaired) electrons. The molecular weight excluding hydrogens is 319 g/mol. The summed E-state index contributed by atoms with van der Waals surface area (Å²) in [4.78, 5) is 26.5. The predicted molar refractivity (Wildman–Crippen MR) is 91.6 cm³/mol. The number of carbonyl (C=O) groups excluding carboxylic acids is 2. The lowest BCUT2D eigenvalue weighted by molar-refractivity contribution is 0.0491. The molecule has 4 nitrogen and oxygen atoms in total. The number of halogens is 1. The van der Waals surface area contributed by atoms with E-state index in [-0.39, 0.29) is 17.6 Å². The van der Waals surface area contributed by atoms with Gasteiger partial charge in [0.05, 0.1) is 17.3 Å². The summed E-state index contributed by atoms with van der Waals surface area (Å²) in [6.07, 6.45) is 2.31. The topological polar surface area (TPSA) is 49.4 Å². The van der Waals surface area contributed by atoms with E-state index in [1.165, 1.54) is 22.6 Å². The Morgan fingerprint density at radius 1 is 1.04 bits per heavy atom. The van der Waals surface area contributed by atoms with Gasteiger partial charge >= 0.3 is 0 Å². The van der Waals surface area contributed by atoms with Crippen LogP contribution in [-0.4, -0.2) is 29.4 Å². The third-order valence-corrected chi connectivity index (χ3v) is 5.05. The minimum Gasteiger partial charge on any atom is -0.297 e. The van der Waals surface area contributed by atoms with E-state index in [0.29, 0.717) is 17.9 Å².